The fourth-order valence-corrected chi connectivity index (χ4v) is 1.42. The van der Waals surface area contributed by atoms with E-state index in [0.717, 1.165) is 0 Å². The molecule has 0 aliphatic heterocycles. The number of rotatable bonds is 10. The van der Waals surface area contributed by atoms with E-state index in [0.29, 0.717) is 24.9 Å². The van der Waals surface area contributed by atoms with Gasteiger partial charge in [0.2, 0.25) is 0 Å². The Kier molecular flexibility index (Phi) is 10.8. The van der Waals surface area contributed by atoms with Crippen LogP contribution >= 0.6 is 12.0 Å². The molecule has 0 saturated heterocycles. The highest BCUT2D eigenvalue weighted by atomic mass is 32.2. The molecule has 7 nitrogen and oxygen atoms in total. The quantitative estimate of drug-likeness (QED) is 0.280. The van der Waals surface area contributed by atoms with Crippen LogP contribution < -0.4 is 0 Å². The summed E-state index contributed by atoms with van der Waals surface area (Å²) in [5.41, 5.74) is 0. The van der Waals surface area contributed by atoms with Gasteiger partial charge >= 0.3 is 11.9 Å². The smallest absolute Gasteiger partial charge is 0.322 e. The highest BCUT2D eigenvalue weighted by molar-refractivity contribution is 7.95. The molecule has 0 aromatic carbocycles. The third-order valence-corrected chi connectivity index (χ3v) is 2.45. The Labute approximate surface area is 110 Å². The maximum absolute atomic E-state index is 11.5. The molecule has 0 amide bonds. The van der Waals surface area contributed by atoms with E-state index >= 15 is 0 Å². The summed E-state index contributed by atoms with van der Waals surface area (Å²) in [7, 11) is 0. The lowest BCUT2D eigenvalue weighted by Crippen LogP contribution is -2.25. The molecule has 0 aliphatic carbocycles. The predicted molar refractivity (Wildman–Crippen MR) is 63.3 cm³/mol. The van der Waals surface area contributed by atoms with Crippen molar-refractivity contribution in [2.45, 2.75) is 38.4 Å². The second-order valence-corrected chi connectivity index (χ2v) is 4.22. The van der Waals surface area contributed by atoms with E-state index < -0.39 is 17.2 Å². The van der Waals surface area contributed by atoms with Crippen LogP contribution in [0.1, 0.15) is 33.1 Å². The maximum atomic E-state index is 11.5. The summed E-state index contributed by atoms with van der Waals surface area (Å²) in [5.74, 6) is -1.16. The minimum Gasteiger partial charge on any atom is -0.466 e. The zero-order chi connectivity index (χ0) is 13.8. The number of carbonyl (C=O) groups excluding carboxylic acids is 2. The normalized spacial score (nSPS) is 11.9. The Hall–Kier alpha value is -0.830. The van der Waals surface area contributed by atoms with Gasteiger partial charge in [0.05, 0.1) is 31.7 Å². The first-order chi connectivity index (χ1) is 8.65. The highest BCUT2D eigenvalue weighted by Crippen LogP contribution is 2.18. The Balaban J connectivity index is 4.19. The molecule has 1 unspecified atom stereocenters. The monoisotopic (exact) mass is 282 g/mol. The summed E-state index contributed by atoms with van der Waals surface area (Å²) in [6.45, 7) is 4.24. The third-order valence-electron chi connectivity index (χ3n) is 1.72. The molecular weight excluding hydrogens is 264 g/mol. The summed E-state index contributed by atoms with van der Waals surface area (Å²) in [4.78, 5) is 22.9. The number of esters is 2. The van der Waals surface area contributed by atoms with Gasteiger partial charge in [-0.05, 0) is 12.8 Å². The molecule has 1 N–H and O–H groups in total. The van der Waals surface area contributed by atoms with E-state index in [1.54, 1.807) is 0 Å². The second-order valence-electron chi connectivity index (χ2n) is 3.32. The van der Waals surface area contributed by atoms with Gasteiger partial charge in [-0.15, -0.1) is 4.33 Å². The molecule has 106 valence electrons. The van der Waals surface area contributed by atoms with Gasteiger partial charge in [0.25, 0.3) is 0 Å². The van der Waals surface area contributed by atoms with Crippen molar-refractivity contribution in [2.75, 3.05) is 13.2 Å². The van der Waals surface area contributed by atoms with Crippen LogP contribution in [0.15, 0.2) is 0 Å². The van der Waals surface area contributed by atoms with Gasteiger partial charge < -0.3 is 9.47 Å². The molecule has 1 atom stereocenters. The minimum atomic E-state index is -0.937. The lowest BCUT2D eigenvalue weighted by atomic mass is 10.3. The fraction of sp³-hybridized carbons (Fsp3) is 0.800. The molecule has 18 heavy (non-hydrogen) atoms. The molecule has 0 fully saturated rings. The third kappa shape index (κ3) is 8.29. The van der Waals surface area contributed by atoms with E-state index in [1.807, 2.05) is 13.8 Å². The van der Waals surface area contributed by atoms with E-state index in [-0.39, 0.29) is 19.6 Å². The van der Waals surface area contributed by atoms with E-state index in [2.05, 4.69) is 9.37 Å². The second kappa shape index (κ2) is 11.3. The Morgan fingerprint density at radius 1 is 1.17 bits per heavy atom. The summed E-state index contributed by atoms with van der Waals surface area (Å²) in [5, 5.41) is 10.5. The molecule has 0 radical (unpaired) electrons. The summed E-state index contributed by atoms with van der Waals surface area (Å²) >= 11 is 0.494. The van der Waals surface area contributed by atoms with Crippen LogP contribution in [0.25, 0.3) is 0 Å². The predicted octanol–water partition coefficient (Wildman–Crippen LogP) is 1.72. The van der Waals surface area contributed by atoms with Gasteiger partial charge in [-0.25, -0.2) is 5.26 Å². The Morgan fingerprint density at radius 2 is 1.78 bits per heavy atom. The lowest BCUT2D eigenvalue weighted by Gasteiger charge is -2.12. The van der Waals surface area contributed by atoms with Crippen LogP contribution in [-0.2, 0) is 28.4 Å². The number of hydrogen-bond donors (Lipinski definition) is 1. The Morgan fingerprint density at radius 3 is 2.33 bits per heavy atom. The molecule has 0 heterocycles. The fourth-order valence-electron chi connectivity index (χ4n) is 0.943. The van der Waals surface area contributed by atoms with Gasteiger partial charge in [-0.1, -0.05) is 18.9 Å². The van der Waals surface area contributed by atoms with Crippen molar-refractivity contribution in [2.24, 2.45) is 0 Å². The van der Waals surface area contributed by atoms with E-state index in [9.17, 15) is 9.59 Å². The van der Waals surface area contributed by atoms with Gasteiger partial charge in [0, 0.05) is 0 Å². The highest BCUT2D eigenvalue weighted by Gasteiger charge is 2.26. The summed E-state index contributed by atoms with van der Waals surface area (Å²) in [6, 6.07) is 0. The van der Waals surface area contributed by atoms with Gasteiger partial charge in [0.15, 0.2) is 0 Å². The van der Waals surface area contributed by atoms with Crippen molar-refractivity contribution in [3.63, 3.8) is 0 Å². The van der Waals surface area contributed by atoms with Crippen LogP contribution in [0.4, 0.5) is 0 Å². The zero-order valence-corrected chi connectivity index (χ0v) is 11.2. The van der Waals surface area contributed by atoms with Crippen LogP contribution in [0.2, 0.25) is 0 Å². The zero-order valence-electron chi connectivity index (χ0n) is 10.4. The van der Waals surface area contributed by atoms with Gasteiger partial charge in [-0.2, -0.15) is 0 Å². The molecule has 0 aromatic rings. The number of ether oxygens (including phenoxy) is 2. The van der Waals surface area contributed by atoms with E-state index in [1.165, 1.54) is 0 Å². The molecule has 0 aliphatic rings. The van der Waals surface area contributed by atoms with Gasteiger partial charge in [0.1, 0.15) is 5.25 Å². The SMILES string of the molecule is CCCOC(=O)CC(SOOO)C(=O)OCCC. The number of hydrogen-bond acceptors (Lipinski definition) is 8. The standard InChI is InChI=1S/C10H18O7S/c1-3-5-14-9(11)7-8(18-17-16-13)10(12)15-6-4-2/h8,13H,3-7H2,1-2H3. The molecule has 0 aromatic heterocycles. The van der Waals surface area contributed by atoms with Crippen molar-refractivity contribution < 1.29 is 33.7 Å². The van der Waals surface area contributed by atoms with Gasteiger partial charge in [-0.3, -0.25) is 9.59 Å². The minimum absolute atomic E-state index is 0.212. The van der Waals surface area contributed by atoms with E-state index in [4.69, 9.17) is 14.7 Å². The Bertz CT molecular complexity index is 246. The van der Waals surface area contributed by atoms with Crippen molar-refractivity contribution in [3.8, 4) is 0 Å². The van der Waals surface area contributed by atoms with Crippen LogP contribution in [0.5, 0.6) is 0 Å². The van der Waals surface area contributed by atoms with Crippen LogP contribution in [0, 0.1) is 0 Å². The summed E-state index contributed by atoms with van der Waals surface area (Å²) < 4.78 is 13.9. The van der Waals surface area contributed by atoms with Crippen LogP contribution in [0.3, 0.4) is 0 Å². The topological polar surface area (TPSA) is 91.3 Å². The molecule has 0 bridgehead atoms. The van der Waals surface area contributed by atoms with Crippen LogP contribution in [-0.4, -0.2) is 35.7 Å². The van der Waals surface area contributed by atoms with Crippen molar-refractivity contribution >= 4 is 24.0 Å². The largest absolute Gasteiger partial charge is 0.466 e. The maximum Gasteiger partial charge on any atom is 0.322 e. The first kappa shape index (κ1) is 17.2. The lowest BCUT2D eigenvalue weighted by molar-refractivity contribution is -0.432. The molecule has 0 saturated carbocycles. The number of carbonyl (C=O) groups is 2. The summed E-state index contributed by atoms with van der Waals surface area (Å²) in [6.07, 6.45) is 1.15. The average molecular weight is 282 g/mol. The van der Waals surface area contributed by atoms with Crippen molar-refractivity contribution in [3.05, 3.63) is 0 Å². The molecule has 0 spiro atoms. The average Bonchev–Trinajstić information content (AvgIpc) is 2.38. The molecule has 8 heteroatoms. The molecule has 0 rings (SSSR count). The van der Waals surface area contributed by atoms with Crippen molar-refractivity contribution in [1.29, 1.82) is 0 Å². The first-order valence-electron chi connectivity index (χ1n) is 5.61. The first-order valence-corrected chi connectivity index (χ1v) is 6.41. The van der Waals surface area contributed by atoms with Crippen molar-refractivity contribution in [1.82, 2.24) is 0 Å². The molecular formula is C10H18O7S.